The Labute approximate surface area is 82.3 Å². The van der Waals surface area contributed by atoms with E-state index in [4.69, 9.17) is 0 Å². The molecule has 0 bridgehead atoms. The molecule has 55 valence electrons. The molecule has 0 heterocycles. The van der Waals surface area contributed by atoms with E-state index in [9.17, 15) is 0 Å². The van der Waals surface area contributed by atoms with Gasteiger partial charge in [0.1, 0.15) is 0 Å². The summed E-state index contributed by atoms with van der Waals surface area (Å²) >= 11 is 0. The van der Waals surface area contributed by atoms with Crippen molar-refractivity contribution in [3.63, 3.8) is 0 Å². The summed E-state index contributed by atoms with van der Waals surface area (Å²) in [5, 5.41) is 0. The van der Waals surface area contributed by atoms with Crippen LogP contribution in [0.2, 0.25) is 0 Å². The molecule has 0 N–H and O–H groups in total. The Morgan fingerprint density at radius 2 is 0.500 bits per heavy atom. The van der Waals surface area contributed by atoms with Crippen LogP contribution >= 0.6 is 0 Å². The summed E-state index contributed by atoms with van der Waals surface area (Å²) < 4.78 is 0. The monoisotopic (exact) mass is 197 g/mol. The van der Waals surface area contributed by atoms with Crippen molar-refractivity contribution in [1.82, 2.24) is 0 Å². The predicted octanol–water partition coefficient (Wildman–Crippen LogP) is 3.96. The van der Waals surface area contributed by atoms with Crippen molar-refractivity contribution in [3.05, 3.63) is 0 Å². The third-order valence-corrected chi connectivity index (χ3v) is 0. The zero-order valence-electron chi connectivity index (χ0n) is 4.58. The minimum absolute atomic E-state index is 0. The summed E-state index contributed by atoms with van der Waals surface area (Å²) in [7, 11) is 0. The van der Waals surface area contributed by atoms with Crippen molar-refractivity contribution < 1.29 is 32.7 Å². The SMILES string of the molecule is C.C.C.CC.CC.[Y]. The molecule has 0 saturated carbocycles. The van der Waals surface area contributed by atoms with Gasteiger partial charge in [-0.25, -0.2) is 0 Å². The van der Waals surface area contributed by atoms with Crippen LogP contribution in [0.15, 0.2) is 0 Å². The first kappa shape index (κ1) is 62.1. The van der Waals surface area contributed by atoms with Crippen LogP contribution in [0.1, 0.15) is 50.0 Å². The average Bonchev–Trinajstić information content (AvgIpc) is 1.50. The zero-order chi connectivity index (χ0) is 4.00. The van der Waals surface area contributed by atoms with E-state index >= 15 is 0 Å². The third-order valence-electron chi connectivity index (χ3n) is 0. The molecule has 0 aromatic heterocycles. The normalized spacial score (nSPS) is 1.50. The van der Waals surface area contributed by atoms with Gasteiger partial charge in [-0.3, -0.25) is 0 Å². The van der Waals surface area contributed by atoms with Gasteiger partial charge < -0.3 is 0 Å². The van der Waals surface area contributed by atoms with Gasteiger partial charge in [0.15, 0.2) is 0 Å². The van der Waals surface area contributed by atoms with Crippen LogP contribution in [0.25, 0.3) is 0 Å². The predicted molar refractivity (Wildman–Crippen MR) is 42.9 cm³/mol. The van der Waals surface area contributed by atoms with Gasteiger partial charge in [-0.1, -0.05) is 50.0 Å². The maximum Gasteiger partial charge on any atom is 0 e. The fourth-order valence-corrected chi connectivity index (χ4v) is 0. The Bertz CT molecular complexity index is 4.35. The molecule has 1 heteroatoms. The molecule has 1 radical (unpaired) electrons. The van der Waals surface area contributed by atoms with E-state index < -0.39 is 0 Å². The van der Waals surface area contributed by atoms with Crippen molar-refractivity contribution in [2.45, 2.75) is 50.0 Å². The van der Waals surface area contributed by atoms with Gasteiger partial charge in [0.25, 0.3) is 0 Å². The van der Waals surface area contributed by atoms with Crippen LogP contribution in [0.4, 0.5) is 0 Å². The molecule has 0 unspecified atom stereocenters. The molecular weight excluding hydrogens is 173 g/mol. The van der Waals surface area contributed by atoms with Gasteiger partial charge in [0.2, 0.25) is 0 Å². The van der Waals surface area contributed by atoms with Gasteiger partial charge in [-0.15, -0.1) is 0 Å². The maximum atomic E-state index is 2.00. The Balaban J connectivity index is -0.00000000167. The minimum Gasteiger partial charge on any atom is -0.0776 e. The van der Waals surface area contributed by atoms with Crippen LogP contribution < -0.4 is 0 Å². The molecule has 0 aliphatic heterocycles. The molecule has 0 rings (SSSR count). The van der Waals surface area contributed by atoms with E-state index in [2.05, 4.69) is 0 Å². The van der Waals surface area contributed by atoms with Crippen LogP contribution in [0.5, 0.6) is 0 Å². The van der Waals surface area contributed by atoms with Crippen LogP contribution in [-0.4, -0.2) is 0 Å². The molecule has 0 nitrogen and oxygen atoms in total. The van der Waals surface area contributed by atoms with Gasteiger partial charge in [0, 0.05) is 32.7 Å². The Hall–Kier alpha value is 1.10. The second kappa shape index (κ2) is 336. The van der Waals surface area contributed by atoms with Crippen molar-refractivity contribution in [1.29, 1.82) is 0 Å². The fraction of sp³-hybridized carbons (Fsp3) is 1.00. The second-order valence-electron chi connectivity index (χ2n) is 0. The summed E-state index contributed by atoms with van der Waals surface area (Å²) in [6, 6.07) is 0. The quantitative estimate of drug-likeness (QED) is 0.551. The van der Waals surface area contributed by atoms with Gasteiger partial charge in [0.05, 0.1) is 0 Å². The second-order valence-corrected chi connectivity index (χ2v) is 0. The Kier molecular flexibility index (Phi) is 2600. The molecule has 0 fully saturated rings. The summed E-state index contributed by atoms with van der Waals surface area (Å²) in [6.45, 7) is 8.00. The number of rotatable bonds is 0. The third kappa shape index (κ3) is 217. The Morgan fingerprint density at radius 3 is 0.500 bits per heavy atom. The van der Waals surface area contributed by atoms with Crippen molar-refractivity contribution >= 4 is 0 Å². The first-order valence-corrected chi connectivity index (χ1v) is 2.00. The topological polar surface area (TPSA) is 0 Å². The summed E-state index contributed by atoms with van der Waals surface area (Å²) in [5.74, 6) is 0. The standard InChI is InChI=1S/2C2H6.3CH4.Y/c2*1-2;;;;/h2*1-2H3;3*1H4;. The van der Waals surface area contributed by atoms with Crippen LogP contribution in [0, 0.1) is 0 Å². The molecular formula is C7H24Y. The van der Waals surface area contributed by atoms with Crippen LogP contribution in [-0.2, 0) is 32.7 Å². The molecule has 0 atom stereocenters. The largest absolute Gasteiger partial charge is 0.0776 e. The van der Waals surface area contributed by atoms with E-state index in [1.54, 1.807) is 0 Å². The minimum atomic E-state index is 0. The number of hydrogen-bond acceptors (Lipinski definition) is 0. The van der Waals surface area contributed by atoms with Crippen molar-refractivity contribution in [2.75, 3.05) is 0 Å². The van der Waals surface area contributed by atoms with Gasteiger partial charge in [-0.2, -0.15) is 0 Å². The maximum absolute atomic E-state index is 2.00. The van der Waals surface area contributed by atoms with Gasteiger partial charge in [-0.05, 0) is 0 Å². The smallest absolute Gasteiger partial charge is 0 e. The van der Waals surface area contributed by atoms with E-state index in [0.29, 0.717) is 0 Å². The molecule has 0 aliphatic carbocycles. The summed E-state index contributed by atoms with van der Waals surface area (Å²) in [5.41, 5.74) is 0. The van der Waals surface area contributed by atoms with E-state index in [1.165, 1.54) is 0 Å². The Morgan fingerprint density at radius 1 is 0.500 bits per heavy atom. The molecule has 0 aliphatic rings. The molecule has 0 aromatic carbocycles. The average molecular weight is 197 g/mol. The summed E-state index contributed by atoms with van der Waals surface area (Å²) in [4.78, 5) is 0. The molecule has 0 amide bonds. The fourth-order valence-electron chi connectivity index (χ4n) is 0. The summed E-state index contributed by atoms with van der Waals surface area (Å²) in [6.07, 6.45) is 0. The van der Waals surface area contributed by atoms with E-state index in [1.807, 2.05) is 27.7 Å². The van der Waals surface area contributed by atoms with E-state index in [0.717, 1.165) is 0 Å². The van der Waals surface area contributed by atoms with Crippen molar-refractivity contribution in [2.24, 2.45) is 0 Å². The van der Waals surface area contributed by atoms with E-state index in [-0.39, 0.29) is 55.0 Å². The first-order chi connectivity index (χ1) is 2.00. The number of hydrogen-bond donors (Lipinski definition) is 0. The van der Waals surface area contributed by atoms with Crippen molar-refractivity contribution in [3.8, 4) is 0 Å². The molecule has 0 saturated heterocycles. The van der Waals surface area contributed by atoms with Crippen LogP contribution in [0.3, 0.4) is 0 Å². The van der Waals surface area contributed by atoms with Gasteiger partial charge >= 0.3 is 0 Å². The first-order valence-electron chi connectivity index (χ1n) is 2.00. The molecule has 0 spiro atoms. The molecule has 8 heavy (non-hydrogen) atoms. The molecule has 0 aromatic rings. The zero-order valence-corrected chi connectivity index (χ0v) is 7.42.